The molecule has 3 rings (SSSR count). The number of benzene rings is 1. The Morgan fingerprint density at radius 1 is 1.39 bits per heavy atom. The summed E-state index contributed by atoms with van der Waals surface area (Å²) in [6.07, 6.45) is 1.77. The van der Waals surface area contributed by atoms with E-state index in [-0.39, 0.29) is 0 Å². The molecular formula is C12H13N5S. The number of nitrogen functional groups attached to an aromatic ring is 1. The summed E-state index contributed by atoms with van der Waals surface area (Å²) in [5, 5.41) is 4.28. The number of nitrogens with two attached hydrogens (primary N) is 1. The van der Waals surface area contributed by atoms with Gasteiger partial charge in [-0.05, 0) is 17.9 Å². The lowest BCUT2D eigenvalue weighted by molar-refractivity contribution is 0.838. The van der Waals surface area contributed by atoms with Crippen LogP contribution in [0, 0.1) is 0 Å². The van der Waals surface area contributed by atoms with Crippen molar-refractivity contribution in [1.82, 2.24) is 19.7 Å². The van der Waals surface area contributed by atoms with E-state index < -0.39 is 0 Å². The minimum Gasteiger partial charge on any atom is -0.383 e. The second-order valence-electron chi connectivity index (χ2n) is 3.82. The molecule has 0 spiro atoms. The summed E-state index contributed by atoms with van der Waals surface area (Å²) in [5.41, 5.74) is 7.95. The lowest BCUT2D eigenvalue weighted by Gasteiger charge is -2.00. The molecule has 5 nitrogen and oxygen atoms in total. The van der Waals surface area contributed by atoms with Crippen molar-refractivity contribution in [3.05, 3.63) is 30.5 Å². The molecule has 0 atom stereocenters. The summed E-state index contributed by atoms with van der Waals surface area (Å²) in [4.78, 5) is 8.67. The van der Waals surface area contributed by atoms with E-state index in [4.69, 9.17) is 5.73 Å². The van der Waals surface area contributed by atoms with Crippen LogP contribution in [-0.2, 0) is 0 Å². The van der Waals surface area contributed by atoms with E-state index in [1.165, 1.54) is 0 Å². The first kappa shape index (κ1) is 11.2. The fourth-order valence-corrected chi connectivity index (χ4v) is 2.49. The van der Waals surface area contributed by atoms with Gasteiger partial charge in [-0.25, -0.2) is 4.98 Å². The van der Waals surface area contributed by atoms with E-state index in [2.05, 4.69) is 22.0 Å². The zero-order chi connectivity index (χ0) is 12.5. The van der Waals surface area contributed by atoms with E-state index in [9.17, 15) is 0 Å². The number of aromatic amines is 1. The molecule has 0 saturated heterocycles. The molecule has 0 unspecified atom stereocenters. The highest BCUT2D eigenvalue weighted by Crippen LogP contribution is 2.26. The second kappa shape index (κ2) is 4.38. The summed E-state index contributed by atoms with van der Waals surface area (Å²) in [6.45, 7) is 2.09. The molecule has 2 heterocycles. The highest BCUT2D eigenvalue weighted by molar-refractivity contribution is 7.99. The lowest BCUT2D eigenvalue weighted by atomic mass is 10.3. The standard InChI is InChI=1S/C12H13N5S/c1-2-18-10-7-14-17(11(10)13)12-15-8-5-3-4-6-9(8)16-12/h3-7H,2,13H2,1H3,(H,15,16). The van der Waals surface area contributed by atoms with Crippen molar-refractivity contribution in [2.24, 2.45) is 0 Å². The van der Waals surface area contributed by atoms with Gasteiger partial charge in [0.2, 0.25) is 5.95 Å². The van der Waals surface area contributed by atoms with Gasteiger partial charge in [-0.1, -0.05) is 19.1 Å². The van der Waals surface area contributed by atoms with Crippen molar-refractivity contribution in [3.63, 3.8) is 0 Å². The van der Waals surface area contributed by atoms with Crippen molar-refractivity contribution in [2.75, 3.05) is 11.5 Å². The van der Waals surface area contributed by atoms with Gasteiger partial charge in [0.1, 0.15) is 5.82 Å². The topological polar surface area (TPSA) is 72.5 Å². The number of aromatic nitrogens is 4. The zero-order valence-electron chi connectivity index (χ0n) is 9.92. The maximum absolute atomic E-state index is 6.06. The first-order valence-corrected chi connectivity index (χ1v) is 6.69. The molecule has 6 heteroatoms. The molecule has 2 aromatic heterocycles. The molecule has 92 valence electrons. The van der Waals surface area contributed by atoms with E-state index in [0.29, 0.717) is 11.8 Å². The molecule has 18 heavy (non-hydrogen) atoms. The third-order valence-electron chi connectivity index (χ3n) is 2.65. The van der Waals surface area contributed by atoms with Gasteiger partial charge < -0.3 is 10.7 Å². The molecule has 1 aromatic carbocycles. The fraction of sp³-hybridized carbons (Fsp3) is 0.167. The Balaban J connectivity index is 2.08. The monoisotopic (exact) mass is 259 g/mol. The van der Waals surface area contributed by atoms with Gasteiger partial charge in [-0.3, -0.25) is 0 Å². The molecule has 3 N–H and O–H groups in total. The Bertz CT molecular complexity index is 652. The molecular weight excluding hydrogens is 246 g/mol. The van der Waals surface area contributed by atoms with Crippen LogP contribution >= 0.6 is 11.8 Å². The SMILES string of the molecule is CCSc1cnn(-c2nc3ccccc3[nH]2)c1N. The number of rotatable bonds is 3. The lowest BCUT2D eigenvalue weighted by Crippen LogP contribution is -2.03. The van der Waals surface area contributed by atoms with Crippen LogP contribution in [0.1, 0.15) is 6.92 Å². The molecule has 0 aliphatic carbocycles. The predicted molar refractivity (Wildman–Crippen MR) is 74.0 cm³/mol. The summed E-state index contributed by atoms with van der Waals surface area (Å²) < 4.78 is 1.64. The van der Waals surface area contributed by atoms with Gasteiger partial charge in [-0.15, -0.1) is 11.8 Å². The number of nitrogens with zero attached hydrogens (tertiary/aromatic N) is 3. The highest BCUT2D eigenvalue weighted by Gasteiger charge is 2.12. The molecule has 0 aliphatic heterocycles. The van der Waals surface area contributed by atoms with Crippen molar-refractivity contribution < 1.29 is 0 Å². The van der Waals surface area contributed by atoms with E-state index in [1.54, 1.807) is 22.6 Å². The van der Waals surface area contributed by atoms with E-state index in [0.717, 1.165) is 21.7 Å². The van der Waals surface area contributed by atoms with Gasteiger partial charge in [0, 0.05) is 0 Å². The van der Waals surface area contributed by atoms with Crippen molar-refractivity contribution in [1.29, 1.82) is 0 Å². The Labute approximate surface area is 108 Å². The molecule has 0 fully saturated rings. The number of imidazole rings is 1. The van der Waals surface area contributed by atoms with Gasteiger partial charge in [0.15, 0.2) is 0 Å². The normalized spacial score (nSPS) is 11.2. The molecule has 0 radical (unpaired) electrons. The maximum Gasteiger partial charge on any atom is 0.231 e. The number of hydrogen-bond acceptors (Lipinski definition) is 4. The number of nitrogens with one attached hydrogen (secondary N) is 1. The summed E-state index contributed by atoms with van der Waals surface area (Å²) >= 11 is 1.67. The number of thioether (sulfide) groups is 1. The Morgan fingerprint density at radius 3 is 3.00 bits per heavy atom. The Hall–Kier alpha value is -1.95. The number of hydrogen-bond donors (Lipinski definition) is 2. The van der Waals surface area contributed by atoms with Crippen LogP contribution in [0.25, 0.3) is 17.0 Å². The van der Waals surface area contributed by atoms with Crippen LogP contribution in [0.5, 0.6) is 0 Å². The fourth-order valence-electron chi connectivity index (χ4n) is 1.82. The van der Waals surface area contributed by atoms with Crippen molar-refractivity contribution >= 4 is 28.6 Å². The smallest absolute Gasteiger partial charge is 0.231 e. The second-order valence-corrected chi connectivity index (χ2v) is 5.12. The van der Waals surface area contributed by atoms with Crippen LogP contribution in [0.15, 0.2) is 35.4 Å². The number of anilines is 1. The number of fused-ring (bicyclic) bond motifs is 1. The molecule has 0 aliphatic rings. The minimum absolute atomic E-state index is 0.626. The predicted octanol–water partition coefficient (Wildman–Crippen LogP) is 2.44. The van der Waals surface area contributed by atoms with Crippen LogP contribution in [0.2, 0.25) is 0 Å². The maximum atomic E-state index is 6.06. The van der Waals surface area contributed by atoms with E-state index in [1.807, 2.05) is 24.3 Å². The molecule has 0 saturated carbocycles. The largest absolute Gasteiger partial charge is 0.383 e. The third-order valence-corrected chi connectivity index (χ3v) is 3.56. The Morgan fingerprint density at radius 2 is 2.22 bits per heavy atom. The summed E-state index contributed by atoms with van der Waals surface area (Å²) in [5.74, 6) is 2.24. The molecule has 0 bridgehead atoms. The summed E-state index contributed by atoms with van der Waals surface area (Å²) in [6, 6.07) is 7.86. The van der Waals surface area contributed by atoms with Crippen LogP contribution in [-0.4, -0.2) is 25.5 Å². The van der Waals surface area contributed by atoms with Gasteiger partial charge in [0.25, 0.3) is 0 Å². The number of para-hydroxylation sites is 2. The average Bonchev–Trinajstić information content (AvgIpc) is 2.94. The Kier molecular flexibility index (Phi) is 2.71. The van der Waals surface area contributed by atoms with Gasteiger partial charge >= 0.3 is 0 Å². The molecule has 3 aromatic rings. The first-order valence-electron chi connectivity index (χ1n) is 5.71. The van der Waals surface area contributed by atoms with Crippen LogP contribution in [0.4, 0.5) is 5.82 Å². The van der Waals surface area contributed by atoms with Gasteiger partial charge in [-0.2, -0.15) is 9.78 Å². The minimum atomic E-state index is 0.626. The first-order chi connectivity index (χ1) is 8.79. The number of H-pyrrole nitrogens is 1. The highest BCUT2D eigenvalue weighted by atomic mass is 32.2. The third kappa shape index (κ3) is 1.74. The summed E-state index contributed by atoms with van der Waals surface area (Å²) in [7, 11) is 0. The van der Waals surface area contributed by atoms with Crippen molar-refractivity contribution in [2.45, 2.75) is 11.8 Å². The van der Waals surface area contributed by atoms with E-state index >= 15 is 0 Å². The van der Waals surface area contributed by atoms with Crippen molar-refractivity contribution in [3.8, 4) is 5.95 Å². The quantitative estimate of drug-likeness (QED) is 0.709. The van der Waals surface area contributed by atoms with Crippen LogP contribution < -0.4 is 5.73 Å². The zero-order valence-corrected chi connectivity index (χ0v) is 10.7. The molecule has 0 amide bonds. The van der Waals surface area contributed by atoms with Gasteiger partial charge in [0.05, 0.1) is 22.1 Å². The van der Waals surface area contributed by atoms with Crippen LogP contribution in [0.3, 0.4) is 0 Å². The average molecular weight is 259 g/mol.